The average molecular weight is 262 g/mol. The van der Waals surface area contributed by atoms with Gasteiger partial charge in [0.25, 0.3) is 10.2 Å². The Bertz CT molecular complexity index is 504. The number of nitrogens with one attached hydrogen (secondary N) is 1. The van der Waals surface area contributed by atoms with E-state index in [-0.39, 0.29) is 6.54 Å². The van der Waals surface area contributed by atoms with E-state index in [4.69, 9.17) is 10.2 Å². The zero-order chi connectivity index (χ0) is 12.2. The van der Waals surface area contributed by atoms with Crippen LogP contribution >= 0.6 is 11.3 Å². The van der Waals surface area contributed by atoms with Gasteiger partial charge in [-0.2, -0.15) is 13.1 Å². The van der Waals surface area contributed by atoms with Crippen molar-refractivity contribution in [1.29, 1.82) is 0 Å². The van der Waals surface area contributed by atoms with Gasteiger partial charge in [0.2, 0.25) is 0 Å². The summed E-state index contributed by atoms with van der Waals surface area (Å²) in [5, 5.41) is 13.2. The summed E-state index contributed by atoms with van der Waals surface area (Å²) >= 11 is 1.28. The topological polar surface area (TPSA) is 109 Å². The van der Waals surface area contributed by atoms with Gasteiger partial charge >= 0.3 is 5.97 Å². The lowest BCUT2D eigenvalue weighted by Gasteiger charge is -1.97. The number of thiophene rings is 1. The van der Waals surface area contributed by atoms with Crippen molar-refractivity contribution in [1.82, 2.24) is 4.72 Å². The Balaban J connectivity index is 2.62. The zero-order valence-electron chi connectivity index (χ0n) is 8.08. The van der Waals surface area contributed by atoms with Crippen molar-refractivity contribution in [2.45, 2.75) is 6.54 Å². The fourth-order valence-corrected chi connectivity index (χ4v) is 2.21. The minimum atomic E-state index is -3.69. The SMILES string of the molecule is NS(=O)(=O)NCc1ccc(/C=C/C(=O)O)s1. The van der Waals surface area contributed by atoms with Gasteiger partial charge in [0.15, 0.2) is 0 Å². The molecule has 0 aliphatic rings. The standard InChI is InChI=1S/C8H10N2O4S2/c9-16(13,14)10-5-7-2-1-6(15-7)3-4-8(11)12/h1-4,10H,5H2,(H,11,12)(H2,9,13,14)/b4-3+. The predicted octanol–water partition coefficient (Wildman–Crippen LogP) is 0.139. The van der Waals surface area contributed by atoms with E-state index in [1.54, 1.807) is 12.1 Å². The van der Waals surface area contributed by atoms with Crippen LogP contribution in [-0.2, 0) is 21.5 Å². The van der Waals surface area contributed by atoms with E-state index in [0.717, 1.165) is 15.8 Å². The first-order valence-electron chi connectivity index (χ1n) is 4.14. The van der Waals surface area contributed by atoms with E-state index in [9.17, 15) is 13.2 Å². The molecule has 0 amide bonds. The summed E-state index contributed by atoms with van der Waals surface area (Å²) in [7, 11) is -3.69. The van der Waals surface area contributed by atoms with Gasteiger partial charge in [-0.3, -0.25) is 0 Å². The van der Waals surface area contributed by atoms with E-state index in [0.29, 0.717) is 0 Å². The highest BCUT2D eigenvalue weighted by Crippen LogP contribution is 2.17. The summed E-state index contributed by atoms with van der Waals surface area (Å²) in [5.74, 6) is -1.03. The van der Waals surface area contributed by atoms with Crippen molar-refractivity contribution in [2.24, 2.45) is 5.14 Å². The summed E-state index contributed by atoms with van der Waals surface area (Å²) in [6.45, 7) is 0.102. The Hall–Kier alpha value is -1.22. The highest BCUT2D eigenvalue weighted by Gasteiger charge is 2.03. The van der Waals surface area contributed by atoms with E-state index < -0.39 is 16.2 Å². The molecular formula is C8H10N2O4S2. The van der Waals surface area contributed by atoms with Gasteiger partial charge in [-0.15, -0.1) is 11.3 Å². The average Bonchev–Trinajstić information content (AvgIpc) is 2.58. The van der Waals surface area contributed by atoms with Crippen LogP contribution < -0.4 is 9.86 Å². The van der Waals surface area contributed by atoms with Crippen molar-refractivity contribution in [3.05, 3.63) is 28.0 Å². The van der Waals surface area contributed by atoms with E-state index in [2.05, 4.69) is 4.72 Å². The number of rotatable bonds is 5. The normalized spacial score (nSPS) is 12.1. The van der Waals surface area contributed by atoms with Gasteiger partial charge in [0, 0.05) is 22.4 Å². The molecule has 1 aromatic rings. The fraction of sp³-hybridized carbons (Fsp3) is 0.125. The highest BCUT2D eigenvalue weighted by atomic mass is 32.2. The highest BCUT2D eigenvalue weighted by molar-refractivity contribution is 7.87. The monoisotopic (exact) mass is 262 g/mol. The molecule has 1 heterocycles. The van der Waals surface area contributed by atoms with E-state index in [1.165, 1.54) is 17.4 Å². The van der Waals surface area contributed by atoms with Crippen molar-refractivity contribution in [3.63, 3.8) is 0 Å². The molecule has 0 atom stereocenters. The van der Waals surface area contributed by atoms with Crippen molar-refractivity contribution < 1.29 is 18.3 Å². The molecule has 6 nitrogen and oxygen atoms in total. The molecule has 16 heavy (non-hydrogen) atoms. The minimum Gasteiger partial charge on any atom is -0.478 e. The second kappa shape index (κ2) is 5.21. The second-order valence-corrected chi connectivity index (χ2v) is 5.42. The number of hydrogen-bond donors (Lipinski definition) is 3. The molecular weight excluding hydrogens is 252 g/mol. The van der Waals surface area contributed by atoms with Gasteiger partial charge in [-0.05, 0) is 18.2 Å². The molecule has 0 spiro atoms. The van der Waals surface area contributed by atoms with Crippen LogP contribution in [-0.4, -0.2) is 19.5 Å². The number of carboxylic acids is 1. The largest absolute Gasteiger partial charge is 0.478 e. The van der Waals surface area contributed by atoms with E-state index >= 15 is 0 Å². The summed E-state index contributed by atoms with van der Waals surface area (Å²) in [6.07, 6.45) is 2.45. The minimum absolute atomic E-state index is 0.102. The Morgan fingerprint density at radius 2 is 2.25 bits per heavy atom. The third kappa shape index (κ3) is 5.03. The Kier molecular flexibility index (Phi) is 4.19. The Labute approximate surface area is 96.6 Å². The molecule has 0 fully saturated rings. The van der Waals surface area contributed by atoms with Crippen LogP contribution in [0.15, 0.2) is 18.2 Å². The van der Waals surface area contributed by atoms with E-state index in [1.807, 2.05) is 0 Å². The molecule has 1 rings (SSSR count). The Morgan fingerprint density at radius 3 is 2.81 bits per heavy atom. The molecule has 88 valence electrons. The van der Waals surface area contributed by atoms with Crippen molar-refractivity contribution in [3.8, 4) is 0 Å². The van der Waals surface area contributed by atoms with Crippen LogP contribution in [0.3, 0.4) is 0 Å². The molecule has 0 saturated heterocycles. The van der Waals surface area contributed by atoms with Crippen LogP contribution in [0.25, 0.3) is 6.08 Å². The summed E-state index contributed by atoms with van der Waals surface area (Å²) in [4.78, 5) is 11.7. The first-order valence-corrected chi connectivity index (χ1v) is 6.50. The Morgan fingerprint density at radius 1 is 1.56 bits per heavy atom. The maximum absolute atomic E-state index is 10.6. The molecule has 4 N–H and O–H groups in total. The molecule has 8 heteroatoms. The smallest absolute Gasteiger partial charge is 0.328 e. The van der Waals surface area contributed by atoms with Crippen LogP contribution in [0.2, 0.25) is 0 Å². The summed E-state index contributed by atoms with van der Waals surface area (Å²) < 4.78 is 23.3. The van der Waals surface area contributed by atoms with Gasteiger partial charge in [0.1, 0.15) is 0 Å². The van der Waals surface area contributed by atoms with Gasteiger partial charge in [0.05, 0.1) is 0 Å². The van der Waals surface area contributed by atoms with Gasteiger partial charge < -0.3 is 5.11 Å². The maximum Gasteiger partial charge on any atom is 0.328 e. The summed E-state index contributed by atoms with van der Waals surface area (Å²) in [5.41, 5.74) is 0. The first-order chi connectivity index (χ1) is 7.37. The van der Waals surface area contributed by atoms with Crippen molar-refractivity contribution in [2.75, 3.05) is 0 Å². The number of carbonyl (C=O) groups is 1. The molecule has 0 aliphatic heterocycles. The van der Waals surface area contributed by atoms with Gasteiger partial charge in [-0.25, -0.2) is 9.93 Å². The second-order valence-electron chi connectivity index (χ2n) is 2.84. The van der Waals surface area contributed by atoms with Crippen LogP contribution in [0.1, 0.15) is 9.75 Å². The predicted molar refractivity (Wildman–Crippen MR) is 60.9 cm³/mol. The third-order valence-electron chi connectivity index (χ3n) is 1.52. The third-order valence-corrected chi connectivity index (χ3v) is 3.12. The van der Waals surface area contributed by atoms with Crippen LogP contribution in [0.5, 0.6) is 0 Å². The lowest BCUT2D eigenvalue weighted by Crippen LogP contribution is -2.29. The number of nitrogens with two attached hydrogens (primary N) is 1. The fourth-order valence-electron chi connectivity index (χ4n) is 0.904. The molecule has 0 unspecified atom stereocenters. The first kappa shape index (κ1) is 12.8. The quantitative estimate of drug-likeness (QED) is 0.655. The summed E-state index contributed by atoms with van der Waals surface area (Å²) in [6, 6.07) is 3.40. The number of aliphatic carboxylic acids is 1. The lowest BCUT2D eigenvalue weighted by molar-refractivity contribution is -0.131. The molecule has 0 bridgehead atoms. The van der Waals surface area contributed by atoms with Crippen LogP contribution in [0.4, 0.5) is 0 Å². The number of carboxylic acid groups (broad SMARTS) is 1. The lowest BCUT2D eigenvalue weighted by atomic mass is 10.4. The van der Waals surface area contributed by atoms with Crippen LogP contribution in [0, 0.1) is 0 Å². The molecule has 0 radical (unpaired) electrons. The molecule has 1 aromatic heterocycles. The molecule has 0 saturated carbocycles. The molecule has 0 aliphatic carbocycles. The number of hydrogen-bond acceptors (Lipinski definition) is 4. The maximum atomic E-state index is 10.6. The zero-order valence-corrected chi connectivity index (χ0v) is 9.72. The molecule has 0 aromatic carbocycles. The van der Waals surface area contributed by atoms with Crippen molar-refractivity contribution >= 4 is 33.6 Å². The van der Waals surface area contributed by atoms with Gasteiger partial charge in [-0.1, -0.05) is 0 Å².